The topological polar surface area (TPSA) is 111 Å². The minimum Gasteiger partial charge on any atom is -0.497 e. The van der Waals surface area contributed by atoms with Crippen molar-refractivity contribution in [3.05, 3.63) is 78.5 Å². The standard InChI is InChI=1S/C23H21N5O4S/c1-15-26-27-23(28(15)18-9-11-19(31-2)12-10-18)33-14-21(29)24-16-5-7-17(8-6-16)25-22(30)20-4-3-13-32-20/h3-13H,14H2,1-2H3,(H,24,29)(H,25,30). The van der Waals surface area contributed by atoms with Crippen LogP contribution in [0.4, 0.5) is 11.4 Å². The lowest BCUT2D eigenvalue weighted by Gasteiger charge is -2.10. The van der Waals surface area contributed by atoms with E-state index in [4.69, 9.17) is 9.15 Å². The summed E-state index contributed by atoms with van der Waals surface area (Å²) >= 11 is 1.29. The van der Waals surface area contributed by atoms with Crippen LogP contribution in [0.2, 0.25) is 0 Å². The Balaban J connectivity index is 1.34. The molecule has 4 aromatic rings. The van der Waals surface area contributed by atoms with Gasteiger partial charge in [0.15, 0.2) is 10.9 Å². The number of furan rings is 1. The first-order valence-corrected chi connectivity index (χ1v) is 11.0. The summed E-state index contributed by atoms with van der Waals surface area (Å²) < 4.78 is 12.2. The number of carbonyl (C=O) groups is 2. The van der Waals surface area contributed by atoms with Gasteiger partial charge in [0.2, 0.25) is 5.91 Å². The number of hydrogen-bond donors (Lipinski definition) is 2. The summed E-state index contributed by atoms with van der Waals surface area (Å²) in [6, 6.07) is 17.6. The number of amides is 2. The molecule has 10 heteroatoms. The van der Waals surface area contributed by atoms with E-state index in [2.05, 4.69) is 20.8 Å². The molecule has 168 valence electrons. The van der Waals surface area contributed by atoms with E-state index in [0.717, 1.165) is 17.3 Å². The Hall–Kier alpha value is -4.05. The average molecular weight is 464 g/mol. The third kappa shape index (κ3) is 5.42. The van der Waals surface area contributed by atoms with Crippen molar-refractivity contribution in [2.75, 3.05) is 23.5 Å². The molecule has 2 heterocycles. The Kier molecular flexibility index (Phi) is 6.75. The molecule has 0 aliphatic carbocycles. The number of hydrogen-bond acceptors (Lipinski definition) is 7. The zero-order valence-corrected chi connectivity index (χ0v) is 18.8. The maximum absolute atomic E-state index is 12.5. The van der Waals surface area contributed by atoms with Crippen LogP contribution in [0, 0.1) is 6.92 Å². The fourth-order valence-electron chi connectivity index (χ4n) is 3.03. The van der Waals surface area contributed by atoms with Crippen LogP contribution in [-0.2, 0) is 4.79 Å². The zero-order valence-electron chi connectivity index (χ0n) is 17.9. The molecule has 4 rings (SSSR count). The fourth-order valence-corrected chi connectivity index (χ4v) is 3.83. The zero-order chi connectivity index (χ0) is 23.2. The molecule has 33 heavy (non-hydrogen) atoms. The lowest BCUT2D eigenvalue weighted by atomic mass is 10.2. The van der Waals surface area contributed by atoms with Crippen LogP contribution in [-0.4, -0.2) is 39.4 Å². The van der Waals surface area contributed by atoms with Crippen LogP contribution in [0.3, 0.4) is 0 Å². The maximum atomic E-state index is 12.5. The van der Waals surface area contributed by atoms with E-state index >= 15 is 0 Å². The quantitative estimate of drug-likeness (QED) is 0.377. The van der Waals surface area contributed by atoms with Gasteiger partial charge in [-0.05, 0) is 67.6 Å². The summed E-state index contributed by atoms with van der Waals surface area (Å²) in [5.74, 6) is 1.33. The van der Waals surface area contributed by atoms with Gasteiger partial charge in [-0.2, -0.15) is 0 Å². The molecule has 0 atom stereocenters. The third-order valence-corrected chi connectivity index (χ3v) is 5.56. The van der Waals surface area contributed by atoms with Crippen molar-refractivity contribution in [3.8, 4) is 11.4 Å². The molecule has 0 spiro atoms. The number of benzene rings is 2. The predicted molar refractivity (Wildman–Crippen MR) is 125 cm³/mol. The first-order chi connectivity index (χ1) is 16.0. The maximum Gasteiger partial charge on any atom is 0.291 e. The van der Waals surface area contributed by atoms with Crippen molar-refractivity contribution < 1.29 is 18.7 Å². The number of ether oxygens (including phenoxy) is 1. The number of aryl methyl sites for hydroxylation is 1. The molecule has 2 aromatic carbocycles. The summed E-state index contributed by atoms with van der Waals surface area (Å²) in [6.07, 6.45) is 1.44. The lowest BCUT2D eigenvalue weighted by molar-refractivity contribution is -0.113. The Morgan fingerprint density at radius 2 is 1.70 bits per heavy atom. The van der Waals surface area contributed by atoms with E-state index in [1.54, 1.807) is 43.5 Å². The van der Waals surface area contributed by atoms with E-state index in [0.29, 0.717) is 16.5 Å². The minimum absolute atomic E-state index is 0.158. The molecule has 0 bridgehead atoms. The summed E-state index contributed by atoms with van der Waals surface area (Å²) in [5.41, 5.74) is 2.09. The van der Waals surface area contributed by atoms with Crippen LogP contribution in [0.25, 0.3) is 5.69 Å². The van der Waals surface area contributed by atoms with E-state index < -0.39 is 0 Å². The Morgan fingerprint density at radius 3 is 2.33 bits per heavy atom. The highest BCUT2D eigenvalue weighted by atomic mass is 32.2. The fraction of sp³-hybridized carbons (Fsp3) is 0.130. The van der Waals surface area contributed by atoms with Gasteiger partial charge < -0.3 is 19.8 Å². The second-order valence-electron chi connectivity index (χ2n) is 6.91. The van der Waals surface area contributed by atoms with Gasteiger partial charge in [-0.25, -0.2) is 0 Å². The molecule has 0 radical (unpaired) electrons. The van der Waals surface area contributed by atoms with Crippen molar-refractivity contribution >= 4 is 35.0 Å². The number of nitrogens with one attached hydrogen (secondary N) is 2. The number of thioether (sulfide) groups is 1. The summed E-state index contributed by atoms with van der Waals surface area (Å²) in [5, 5.41) is 14.5. The molecular weight excluding hydrogens is 442 g/mol. The van der Waals surface area contributed by atoms with Gasteiger partial charge in [0.1, 0.15) is 11.6 Å². The van der Waals surface area contributed by atoms with Gasteiger partial charge in [-0.1, -0.05) is 11.8 Å². The molecule has 0 aliphatic rings. The van der Waals surface area contributed by atoms with Gasteiger partial charge in [-0.15, -0.1) is 10.2 Å². The Bertz CT molecular complexity index is 1240. The lowest BCUT2D eigenvalue weighted by Crippen LogP contribution is -2.15. The number of rotatable bonds is 8. The molecule has 9 nitrogen and oxygen atoms in total. The summed E-state index contributed by atoms with van der Waals surface area (Å²) in [4.78, 5) is 24.5. The molecule has 2 aromatic heterocycles. The van der Waals surface area contributed by atoms with Gasteiger partial charge >= 0.3 is 0 Å². The van der Waals surface area contributed by atoms with Crippen molar-refractivity contribution in [2.45, 2.75) is 12.1 Å². The highest BCUT2D eigenvalue weighted by Crippen LogP contribution is 2.24. The Morgan fingerprint density at radius 1 is 1.00 bits per heavy atom. The number of aromatic nitrogens is 3. The molecule has 0 saturated heterocycles. The van der Waals surface area contributed by atoms with Crippen LogP contribution in [0.15, 0.2) is 76.5 Å². The average Bonchev–Trinajstić information content (AvgIpc) is 3.49. The SMILES string of the molecule is COc1ccc(-n2c(C)nnc2SCC(=O)Nc2ccc(NC(=O)c3ccco3)cc2)cc1. The number of nitrogens with zero attached hydrogens (tertiary/aromatic N) is 3. The van der Waals surface area contributed by atoms with E-state index in [9.17, 15) is 9.59 Å². The molecule has 2 amide bonds. The third-order valence-electron chi connectivity index (χ3n) is 4.63. The van der Waals surface area contributed by atoms with Gasteiger partial charge in [0, 0.05) is 17.1 Å². The van der Waals surface area contributed by atoms with Gasteiger partial charge in [0.05, 0.1) is 19.1 Å². The van der Waals surface area contributed by atoms with E-state index in [-0.39, 0.29) is 23.3 Å². The molecule has 2 N–H and O–H groups in total. The van der Waals surface area contributed by atoms with Crippen LogP contribution < -0.4 is 15.4 Å². The van der Waals surface area contributed by atoms with Crippen LogP contribution >= 0.6 is 11.8 Å². The minimum atomic E-state index is -0.343. The second kappa shape index (κ2) is 10.0. The van der Waals surface area contributed by atoms with Gasteiger partial charge in [-0.3, -0.25) is 14.2 Å². The first-order valence-electron chi connectivity index (χ1n) is 9.97. The molecular formula is C23H21N5O4S. The molecule has 0 saturated carbocycles. The number of methoxy groups -OCH3 is 1. The second-order valence-corrected chi connectivity index (χ2v) is 7.85. The number of anilines is 2. The van der Waals surface area contributed by atoms with E-state index in [1.165, 1.54) is 18.0 Å². The highest BCUT2D eigenvalue weighted by molar-refractivity contribution is 7.99. The van der Waals surface area contributed by atoms with E-state index in [1.807, 2.05) is 35.8 Å². The molecule has 0 fully saturated rings. The summed E-state index contributed by atoms with van der Waals surface area (Å²) in [7, 11) is 1.61. The van der Waals surface area contributed by atoms with Crippen LogP contribution in [0.1, 0.15) is 16.4 Å². The van der Waals surface area contributed by atoms with Crippen molar-refractivity contribution in [2.24, 2.45) is 0 Å². The monoisotopic (exact) mass is 463 g/mol. The Labute approximate surface area is 194 Å². The normalized spacial score (nSPS) is 10.6. The highest BCUT2D eigenvalue weighted by Gasteiger charge is 2.14. The molecule has 0 aliphatic heterocycles. The first kappa shape index (κ1) is 22.2. The van der Waals surface area contributed by atoms with Crippen molar-refractivity contribution in [1.82, 2.24) is 14.8 Å². The smallest absolute Gasteiger partial charge is 0.291 e. The van der Waals surface area contributed by atoms with Crippen LogP contribution in [0.5, 0.6) is 5.75 Å². The molecule has 0 unspecified atom stereocenters. The largest absolute Gasteiger partial charge is 0.497 e. The predicted octanol–water partition coefficient (Wildman–Crippen LogP) is 4.16. The van der Waals surface area contributed by atoms with Crippen molar-refractivity contribution in [1.29, 1.82) is 0 Å². The van der Waals surface area contributed by atoms with Gasteiger partial charge in [0.25, 0.3) is 5.91 Å². The summed E-state index contributed by atoms with van der Waals surface area (Å²) in [6.45, 7) is 1.85. The van der Waals surface area contributed by atoms with Crippen molar-refractivity contribution in [3.63, 3.8) is 0 Å². The number of carbonyl (C=O) groups excluding carboxylic acids is 2.